The molecule has 162 valence electrons. The van der Waals surface area contributed by atoms with Crippen molar-refractivity contribution in [3.63, 3.8) is 0 Å². The number of morpholine rings is 1. The van der Waals surface area contributed by atoms with Crippen LogP contribution in [0.15, 0.2) is 47.4 Å². The van der Waals surface area contributed by atoms with E-state index in [0.29, 0.717) is 31.2 Å². The first-order valence-electron chi connectivity index (χ1n) is 9.54. The van der Waals surface area contributed by atoms with Gasteiger partial charge in [-0.25, -0.2) is 8.42 Å². The van der Waals surface area contributed by atoms with Crippen LogP contribution in [0.5, 0.6) is 5.75 Å². The third-order valence-corrected chi connectivity index (χ3v) is 6.80. The molecule has 2 aromatic rings. The fourth-order valence-electron chi connectivity index (χ4n) is 2.93. The minimum atomic E-state index is -3.74. The highest BCUT2D eigenvalue weighted by molar-refractivity contribution is 7.89. The molecule has 1 heterocycles. The highest BCUT2D eigenvalue weighted by Gasteiger charge is 2.28. The summed E-state index contributed by atoms with van der Waals surface area (Å²) >= 11 is 6.15. The third kappa shape index (κ3) is 5.63. The van der Waals surface area contributed by atoms with Crippen LogP contribution in [0.3, 0.4) is 0 Å². The SMILES string of the molecule is CCOc1ccc(NC(=O)CNc2ccc(Cl)c(S(=O)(=O)N3CCOCC3)c2)cc1. The maximum absolute atomic E-state index is 12.9. The molecule has 2 aromatic carbocycles. The molecule has 30 heavy (non-hydrogen) atoms. The molecule has 0 bridgehead atoms. The van der Waals surface area contributed by atoms with Crippen molar-refractivity contribution in [2.24, 2.45) is 0 Å². The summed E-state index contributed by atoms with van der Waals surface area (Å²) in [5.41, 5.74) is 1.12. The lowest BCUT2D eigenvalue weighted by Gasteiger charge is -2.26. The van der Waals surface area contributed by atoms with E-state index in [1.165, 1.54) is 16.4 Å². The number of halogens is 1. The van der Waals surface area contributed by atoms with Gasteiger partial charge in [0.1, 0.15) is 10.6 Å². The van der Waals surface area contributed by atoms with Crippen LogP contribution in [0, 0.1) is 0 Å². The Balaban J connectivity index is 1.63. The summed E-state index contributed by atoms with van der Waals surface area (Å²) in [6.07, 6.45) is 0. The predicted octanol–water partition coefficient (Wildman–Crippen LogP) is 2.81. The Kier molecular flexibility index (Phi) is 7.54. The van der Waals surface area contributed by atoms with Gasteiger partial charge in [0, 0.05) is 24.5 Å². The number of amides is 1. The van der Waals surface area contributed by atoms with Crippen LogP contribution in [-0.4, -0.2) is 58.1 Å². The van der Waals surface area contributed by atoms with Gasteiger partial charge in [0.15, 0.2) is 0 Å². The number of nitrogens with one attached hydrogen (secondary N) is 2. The molecule has 2 N–H and O–H groups in total. The lowest BCUT2D eigenvalue weighted by molar-refractivity contribution is -0.114. The maximum atomic E-state index is 12.9. The monoisotopic (exact) mass is 453 g/mol. The normalized spacial score (nSPS) is 14.9. The zero-order valence-electron chi connectivity index (χ0n) is 16.6. The fraction of sp³-hybridized carbons (Fsp3) is 0.350. The molecule has 10 heteroatoms. The van der Waals surface area contributed by atoms with Crippen molar-refractivity contribution in [3.8, 4) is 5.75 Å². The molecule has 0 aromatic heterocycles. The average Bonchev–Trinajstić information content (AvgIpc) is 2.75. The van der Waals surface area contributed by atoms with Crippen LogP contribution >= 0.6 is 11.6 Å². The van der Waals surface area contributed by atoms with Gasteiger partial charge in [0.2, 0.25) is 15.9 Å². The number of hydrogen-bond donors (Lipinski definition) is 2. The van der Waals surface area contributed by atoms with Gasteiger partial charge in [0.05, 0.1) is 31.4 Å². The van der Waals surface area contributed by atoms with Crippen molar-refractivity contribution in [2.75, 3.05) is 50.1 Å². The standard InChI is InChI=1S/C20H24ClN3O5S/c1-2-29-17-6-3-15(4-7-17)23-20(25)14-22-16-5-8-18(21)19(13-16)30(26,27)24-9-11-28-12-10-24/h3-8,13,22H,2,9-12,14H2,1H3,(H,23,25). The Hall–Kier alpha value is -2.33. The van der Waals surface area contributed by atoms with E-state index in [9.17, 15) is 13.2 Å². The number of sulfonamides is 1. The first-order valence-corrected chi connectivity index (χ1v) is 11.4. The lowest BCUT2D eigenvalue weighted by Crippen LogP contribution is -2.40. The highest BCUT2D eigenvalue weighted by Crippen LogP contribution is 2.28. The van der Waals surface area contributed by atoms with Crippen LogP contribution in [0.2, 0.25) is 5.02 Å². The van der Waals surface area contributed by atoms with Crippen LogP contribution in [0.4, 0.5) is 11.4 Å². The molecule has 0 radical (unpaired) electrons. The summed E-state index contributed by atoms with van der Waals surface area (Å²) in [7, 11) is -3.74. The second-order valence-corrected chi connectivity index (χ2v) is 8.83. The van der Waals surface area contributed by atoms with Crippen LogP contribution in [0.1, 0.15) is 6.92 Å². The minimum Gasteiger partial charge on any atom is -0.494 e. The van der Waals surface area contributed by atoms with E-state index in [-0.39, 0.29) is 35.5 Å². The molecular formula is C20H24ClN3O5S. The molecule has 0 aliphatic carbocycles. The van der Waals surface area contributed by atoms with Crippen molar-refractivity contribution in [3.05, 3.63) is 47.5 Å². The molecule has 0 unspecified atom stereocenters. The number of nitrogens with zero attached hydrogens (tertiary/aromatic N) is 1. The Morgan fingerprint density at radius 1 is 1.13 bits per heavy atom. The number of anilines is 2. The molecule has 1 fully saturated rings. The van der Waals surface area contributed by atoms with E-state index in [0.717, 1.165) is 5.75 Å². The number of carbonyl (C=O) groups is 1. The van der Waals surface area contributed by atoms with Gasteiger partial charge in [-0.2, -0.15) is 4.31 Å². The Morgan fingerprint density at radius 2 is 1.80 bits per heavy atom. The largest absolute Gasteiger partial charge is 0.494 e. The van der Waals surface area contributed by atoms with E-state index in [1.807, 2.05) is 6.92 Å². The summed E-state index contributed by atoms with van der Waals surface area (Å²) in [5.74, 6) is 0.454. The molecule has 0 spiro atoms. The number of rotatable bonds is 8. The zero-order valence-corrected chi connectivity index (χ0v) is 18.1. The Labute approximate surface area is 181 Å². The highest BCUT2D eigenvalue weighted by atomic mass is 35.5. The Morgan fingerprint density at radius 3 is 2.47 bits per heavy atom. The van der Waals surface area contributed by atoms with E-state index in [1.54, 1.807) is 30.3 Å². The summed E-state index contributed by atoms with van der Waals surface area (Å²) in [6, 6.07) is 11.6. The summed E-state index contributed by atoms with van der Waals surface area (Å²) < 4.78 is 37.7. The predicted molar refractivity (Wildman–Crippen MR) is 116 cm³/mol. The fourth-order valence-corrected chi connectivity index (χ4v) is 4.83. The smallest absolute Gasteiger partial charge is 0.244 e. The van der Waals surface area contributed by atoms with Crippen LogP contribution in [0.25, 0.3) is 0 Å². The van der Waals surface area contributed by atoms with Gasteiger partial charge in [-0.05, 0) is 49.4 Å². The van der Waals surface area contributed by atoms with E-state index in [2.05, 4.69) is 10.6 Å². The maximum Gasteiger partial charge on any atom is 0.244 e. The lowest BCUT2D eigenvalue weighted by atomic mass is 10.3. The first kappa shape index (κ1) is 22.4. The van der Waals surface area contributed by atoms with Gasteiger partial charge < -0.3 is 20.1 Å². The number of carbonyl (C=O) groups excluding carboxylic acids is 1. The topological polar surface area (TPSA) is 97.0 Å². The Bertz CT molecular complexity index is 976. The molecule has 1 aliphatic rings. The van der Waals surface area contributed by atoms with E-state index >= 15 is 0 Å². The van der Waals surface area contributed by atoms with Gasteiger partial charge in [0.25, 0.3) is 0 Å². The number of ether oxygens (including phenoxy) is 2. The third-order valence-electron chi connectivity index (χ3n) is 4.42. The molecule has 1 aliphatic heterocycles. The summed E-state index contributed by atoms with van der Waals surface area (Å²) in [6.45, 7) is 3.68. The molecular weight excluding hydrogens is 430 g/mol. The first-order chi connectivity index (χ1) is 14.4. The molecule has 1 saturated heterocycles. The number of hydrogen-bond acceptors (Lipinski definition) is 6. The van der Waals surface area contributed by atoms with Crippen molar-refractivity contribution in [1.29, 1.82) is 0 Å². The molecule has 3 rings (SSSR count). The van der Waals surface area contributed by atoms with Crippen molar-refractivity contribution < 1.29 is 22.7 Å². The molecule has 8 nitrogen and oxygen atoms in total. The molecule has 1 amide bonds. The van der Waals surface area contributed by atoms with Gasteiger partial charge in [-0.15, -0.1) is 0 Å². The summed E-state index contributed by atoms with van der Waals surface area (Å²) in [5, 5.41) is 5.83. The van der Waals surface area contributed by atoms with Gasteiger partial charge >= 0.3 is 0 Å². The van der Waals surface area contributed by atoms with Crippen LogP contribution < -0.4 is 15.4 Å². The summed E-state index contributed by atoms with van der Waals surface area (Å²) in [4.78, 5) is 12.2. The van der Waals surface area contributed by atoms with Gasteiger partial charge in [-0.3, -0.25) is 4.79 Å². The molecule has 0 atom stereocenters. The zero-order chi connectivity index (χ0) is 21.6. The minimum absolute atomic E-state index is 0.00277. The quantitative estimate of drug-likeness (QED) is 0.638. The van der Waals surface area contributed by atoms with Crippen LogP contribution in [-0.2, 0) is 19.6 Å². The van der Waals surface area contributed by atoms with E-state index < -0.39 is 10.0 Å². The van der Waals surface area contributed by atoms with Gasteiger partial charge in [-0.1, -0.05) is 11.6 Å². The second-order valence-electron chi connectivity index (χ2n) is 6.52. The van der Waals surface area contributed by atoms with Crippen molar-refractivity contribution >= 4 is 38.9 Å². The average molecular weight is 454 g/mol. The van der Waals surface area contributed by atoms with Crippen molar-refractivity contribution in [2.45, 2.75) is 11.8 Å². The van der Waals surface area contributed by atoms with E-state index in [4.69, 9.17) is 21.1 Å². The molecule has 0 saturated carbocycles. The second kappa shape index (κ2) is 10.1. The number of benzene rings is 2. The van der Waals surface area contributed by atoms with Crippen molar-refractivity contribution in [1.82, 2.24) is 4.31 Å².